The smallest absolute Gasteiger partial charge is 0.271 e. The van der Waals surface area contributed by atoms with Gasteiger partial charge in [0.25, 0.3) is 5.91 Å². The molecule has 2 saturated carbocycles. The lowest BCUT2D eigenvalue weighted by atomic mass is 9.93. The van der Waals surface area contributed by atoms with Crippen molar-refractivity contribution in [3.8, 4) is 11.5 Å². The minimum Gasteiger partial charge on any atom is -0.463 e. The fourth-order valence-corrected chi connectivity index (χ4v) is 6.36. The van der Waals surface area contributed by atoms with Crippen LogP contribution in [-0.2, 0) is 11.3 Å². The number of nitrogens with one attached hydrogen (secondary N) is 1. The van der Waals surface area contributed by atoms with Crippen molar-refractivity contribution < 1.29 is 14.0 Å². The van der Waals surface area contributed by atoms with Crippen LogP contribution in [0.2, 0.25) is 0 Å². The molecule has 2 aromatic rings. The average molecular weight is 481 g/mol. The van der Waals surface area contributed by atoms with E-state index in [1.54, 1.807) is 6.26 Å². The van der Waals surface area contributed by atoms with E-state index in [1.165, 1.54) is 32.1 Å². The summed E-state index contributed by atoms with van der Waals surface area (Å²) in [7, 11) is 2.21. The van der Waals surface area contributed by atoms with Crippen LogP contribution in [0.1, 0.15) is 81.6 Å². The molecule has 3 aliphatic rings. The minimum absolute atomic E-state index is 0.0388. The Kier molecular flexibility index (Phi) is 7.05. The van der Waals surface area contributed by atoms with Crippen molar-refractivity contribution in [3.05, 3.63) is 36.2 Å². The first-order valence-electron chi connectivity index (χ1n) is 13.5. The third-order valence-electron chi connectivity index (χ3n) is 8.55. The molecule has 2 amide bonds. The molecule has 5 rings (SSSR count). The van der Waals surface area contributed by atoms with Crippen LogP contribution >= 0.6 is 0 Å². The Hall–Kier alpha value is -2.54. The van der Waals surface area contributed by atoms with E-state index in [0.717, 1.165) is 44.3 Å². The first-order chi connectivity index (χ1) is 17.0. The molecule has 7 heteroatoms. The van der Waals surface area contributed by atoms with Gasteiger partial charge in [0.15, 0.2) is 0 Å². The Morgan fingerprint density at radius 3 is 2.51 bits per heavy atom. The van der Waals surface area contributed by atoms with Crippen LogP contribution in [0.15, 0.2) is 34.9 Å². The Morgan fingerprint density at radius 2 is 1.80 bits per heavy atom. The van der Waals surface area contributed by atoms with Gasteiger partial charge in [-0.2, -0.15) is 0 Å². The third-order valence-corrected chi connectivity index (χ3v) is 8.55. The number of furan rings is 1. The molecule has 0 radical (unpaired) electrons. The summed E-state index contributed by atoms with van der Waals surface area (Å²) in [4.78, 5) is 31.9. The third kappa shape index (κ3) is 4.80. The maximum absolute atomic E-state index is 13.8. The largest absolute Gasteiger partial charge is 0.463 e. The molecule has 0 unspecified atom stereocenters. The summed E-state index contributed by atoms with van der Waals surface area (Å²) in [5, 5.41) is 3.29. The summed E-state index contributed by atoms with van der Waals surface area (Å²) in [6.07, 6.45) is 13.4. The van der Waals surface area contributed by atoms with Gasteiger partial charge in [0.05, 0.1) is 18.5 Å². The molecule has 3 heterocycles. The maximum Gasteiger partial charge on any atom is 0.271 e. The number of carbonyl (C=O) groups excluding carboxylic acids is 2. The highest BCUT2D eigenvalue weighted by molar-refractivity contribution is 6.00. The van der Waals surface area contributed by atoms with E-state index in [9.17, 15) is 9.59 Å². The van der Waals surface area contributed by atoms with E-state index < -0.39 is 5.54 Å². The summed E-state index contributed by atoms with van der Waals surface area (Å²) in [5.74, 6) is 0.603. The van der Waals surface area contributed by atoms with E-state index in [2.05, 4.69) is 17.3 Å². The summed E-state index contributed by atoms with van der Waals surface area (Å²) in [6, 6.07) is 8.41. The van der Waals surface area contributed by atoms with Crippen LogP contribution in [0, 0.1) is 0 Å². The fourth-order valence-electron chi connectivity index (χ4n) is 6.36. The molecule has 1 aliphatic heterocycles. The van der Waals surface area contributed by atoms with Gasteiger partial charge in [-0.15, -0.1) is 0 Å². The second kappa shape index (κ2) is 10.2. The van der Waals surface area contributed by atoms with Crippen molar-refractivity contribution in [1.82, 2.24) is 19.7 Å². The first kappa shape index (κ1) is 24.2. The molecule has 0 saturated heterocycles. The van der Waals surface area contributed by atoms with Crippen LogP contribution in [0.25, 0.3) is 11.5 Å². The van der Waals surface area contributed by atoms with Gasteiger partial charge in [-0.05, 0) is 76.9 Å². The highest BCUT2D eigenvalue weighted by Crippen LogP contribution is 2.34. The summed E-state index contributed by atoms with van der Waals surface area (Å²) < 4.78 is 7.61. The van der Waals surface area contributed by atoms with Crippen molar-refractivity contribution in [3.63, 3.8) is 0 Å². The zero-order chi connectivity index (χ0) is 24.4. The lowest BCUT2D eigenvalue weighted by Gasteiger charge is -2.45. The van der Waals surface area contributed by atoms with E-state index in [1.807, 2.05) is 40.7 Å². The molecule has 0 bridgehead atoms. The van der Waals surface area contributed by atoms with Crippen LogP contribution < -0.4 is 5.32 Å². The van der Waals surface area contributed by atoms with Crippen molar-refractivity contribution in [2.75, 3.05) is 20.1 Å². The zero-order valence-electron chi connectivity index (χ0n) is 21.3. The number of hydrogen-bond donors (Lipinski definition) is 1. The van der Waals surface area contributed by atoms with Gasteiger partial charge in [-0.3, -0.25) is 9.59 Å². The van der Waals surface area contributed by atoms with Crippen LogP contribution in [0.5, 0.6) is 0 Å². The van der Waals surface area contributed by atoms with Crippen molar-refractivity contribution in [2.45, 2.75) is 95.3 Å². The Balaban J connectivity index is 1.37. The van der Waals surface area contributed by atoms with Crippen molar-refractivity contribution in [2.24, 2.45) is 0 Å². The Morgan fingerprint density at radius 1 is 1.09 bits per heavy atom. The fraction of sp³-hybridized carbons (Fsp3) is 0.643. The number of fused-ring (bicyclic) bond motifs is 1. The van der Waals surface area contributed by atoms with Crippen molar-refractivity contribution in [1.29, 1.82) is 0 Å². The number of hydrogen-bond acceptors (Lipinski definition) is 4. The van der Waals surface area contributed by atoms with Gasteiger partial charge in [-0.25, -0.2) is 0 Å². The molecule has 1 atom stereocenters. The molecule has 0 spiro atoms. The predicted octanol–water partition coefficient (Wildman–Crippen LogP) is 4.68. The van der Waals surface area contributed by atoms with Crippen molar-refractivity contribution >= 4 is 11.8 Å². The maximum atomic E-state index is 13.8. The van der Waals surface area contributed by atoms with E-state index in [0.29, 0.717) is 30.6 Å². The molecule has 35 heavy (non-hydrogen) atoms. The number of aromatic nitrogens is 1. The number of carbonyl (C=O) groups is 2. The minimum atomic E-state index is -0.948. The number of amides is 2. The monoisotopic (exact) mass is 480 g/mol. The van der Waals surface area contributed by atoms with Gasteiger partial charge >= 0.3 is 0 Å². The zero-order valence-corrected chi connectivity index (χ0v) is 21.3. The summed E-state index contributed by atoms with van der Waals surface area (Å²) in [6.45, 7) is 3.88. The Bertz CT molecular complexity index is 1020. The topological polar surface area (TPSA) is 70.7 Å². The summed E-state index contributed by atoms with van der Waals surface area (Å²) >= 11 is 0. The molecular formula is C28H40N4O3. The molecule has 190 valence electrons. The molecule has 1 N–H and O–H groups in total. The Labute approximate surface area is 208 Å². The van der Waals surface area contributed by atoms with Gasteiger partial charge in [0.1, 0.15) is 17.0 Å². The molecule has 2 aromatic heterocycles. The van der Waals surface area contributed by atoms with Gasteiger partial charge in [0.2, 0.25) is 5.91 Å². The first-order valence-corrected chi connectivity index (χ1v) is 13.5. The highest BCUT2D eigenvalue weighted by Gasteiger charge is 2.48. The predicted molar refractivity (Wildman–Crippen MR) is 136 cm³/mol. The lowest BCUT2D eigenvalue weighted by molar-refractivity contribution is -0.133. The second-order valence-electron chi connectivity index (χ2n) is 11.0. The highest BCUT2D eigenvalue weighted by atomic mass is 16.3. The normalized spacial score (nSPS) is 23.7. The standard InChI is InChI=1S/C28H40N4O3/c1-28(27(34)29-21-10-6-7-11-21)20-31-23(25-14-8-19-35-25)15-16-24(31)26(33)32(28)18-9-17-30(2)22-12-4-3-5-13-22/h8,14-16,19,21-22H,3-7,9-13,17-18,20H2,1-2H3,(H,29,34)/t28-/m1/s1. The molecule has 2 aliphatic carbocycles. The van der Waals surface area contributed by atoms with Crippen LogP contribution in [0.4, 0.5) is 0 Å². The van der Waals surface area contributed by atoms with E-state index >= 15 is 0 Å². The van der Waals surface area contributed by atoms with Crippen LogP contribution in [0.3, 0.4) is 0 Å². The summed E-state index contributed by atoms with van der Waals surface area (Å²) in [5.41, 5.74) is 0.522. The molecule has 7 nitrogen and oxygen atoms in total. The number of nitrogens with zero attached hydrogens (tertiary/aromatic N) is 3. The molecule has 2 fully saturated rings. The molecule has 0 aromatic carbocycles. The van der Waals surface area contributed by atoms with E-state index in [-0.39, 0.29) is 17.9 Å². The quantitative estimate of drug-likeness (QED) is 0.596. The number of rotatable bonds is 8. The van der Waals surface area contributed by atoms with Gasteiger partial charge in [0, 0.05) is 18.6 Å². The lowest BCUT2D eigenvalue weighted by Crippen LogP contribution is -2.65. The average Bonchev–Trinajstić information content (AvgIpc) is 3.63. The molecular weight excluding hydrogens is 440 g/mol. The second-order valence-corrected chi connectivity index (χ2v) is 11.0. The van der Waals surface area contributed by atoms with Gasteiger partial charge < -0.3 is 24.1 Å². The SMILES string of the molecule is CN(CCCN1C(=O)c2ccc(-c3ccco3)n2C[C@]1(C)C(=O)NC1CCCC1)C1CCCCC1. The van der Waals surface area contributed by atoms with Gasteiger partial charge in [-0.1, -0.05) is 32.1 Å². The van der Waals surface area contributed by atoms with E-state index in [4.69, 9.17) is 4.42 Å². The van der Waals surface area contributed by atoms with Crippen LogP contribution in [-0.4, -0.2) is 63.9 Å².